The van der Waals surface area contributed by atoms with Gasteiger partial charge in [-0.25, -0.2) is 0 Å². The number of benzene rings is 2. The van der Waals surface area contributed by atoms with Gasteiger partial charge in [-0.15, -0.1) is 0 Å². The molecular formula is C17H16ClF3N2O. The van der Waals surface area contributed by atoms with Gasteiger partial charge in [0.2, 0.25) is 5.91 Å². The molecule has 0 heterocycles. The summed E-state index contributed by atoms with van der Waals surface area (Å²) in [5.41, 5.74) is 0.179. The molecule has 24 heavy (non-hydrogen) atoms. The number of hydrogen-bond donors (Lipinski definition) is 2. The van der Waals surface area contributed by atoms with E-state index in [4.69, 9.17) is 11.6 Å². The Morgan fingerprint density at radius 1 is 1.17 bits per heavy atom. The van der Waals surface area contributed by atoms with Crippen LogP contribution in [-0.2, 0) is 11.0 Å². The maximum atomic E-state index is 12.8. The Bertz CT molecular complexity index is 705. The van der Waals surface area contributed by atoms with Crippen molar-refractivity contribution in [1.82, 2.24) is 5.32 Å². The smallest absolute Gasteiger partial charge is 0.376 e. The Hall–Kier alpha value is -2.21. The van der Waals surface area contributed by atoms with Gasteiger partial charge >= 0.3 is 6.18 Å². The van der Waals surface area contributed by atoms with Crippen LogP contribution >= 0.6 is 11.6 Å². The number of halogens is 4. The Kier molecular flexibility index (Phi) is 5.72. The van der Waals surface area contributed by atoms with Gasteiger partial charge in [-0.05, 0) is 30.7 Å². The molecule has 0 aromatic heterocycles. The number of carbonyl (C=O) groups is 1. The second-order valence-electron chi connectivity index (χ2n) is 5.25. The minimum Gasteiger partial charge on any atom is -0.376 e. The van der Waals surface area contributed by atoms with E-state index in [-0.39, 0.29) is 29.2 Å². The number of nitrogens with one attached hydrogen (secondary N) is 2. The first-order chi connectivity index (χ1) is 11.3. The van der Waals surface area contributed by atoms with E-state index in [2.05, 4.69) is 10.6 Å². The van der Waals surface area contributed by atoms with Crippen LogP contribution in [0.1, 0.15) is 24.1 Å². The molecule has 2 rings (SSSR count). The molecule has 3 nitrogen and oxygen atoms in total. The molecule has 1 amide bonds. The number of amides is 1. The van der Waals surface area contributed by atoms with E-state index >= 15 is 0 Å². The van der Waals surface area contributed by atoms with E-state index in [1.165, 1.54) is 6.07 Å². The molecule has 0 bridgehead atoms. The predicted octanol–water partition coefficient (Wildman–Crippen LogP) is 4.65. The van der Waals surface area contributed by atoms with Crippen LogP contribution < -0.4 is 10.6 Å². The van der Waals surface area contributed by atoms with E-state index in [9.17, 15) is 18.0 Å². The molecule has 0 saturated heterocycles. The average molecular weight is 357 g/mol. The van der Waals surface area contributed by atoms with Crippen LogP contribution in [0.25, 0.3) is 0 Å². The minimum atomic E-state index is -4.54. The second-order valence-corrected chi connectivity index (χ2v) is 5.65. The second kappa shape index (κ2) is 7.57. The molecule has 0 aliphatic heterocycles. The quantitative estimate of drug-likeness (QED) is 0.818. The molecule has 128 valence electrons. The predicted molar refractivity (Wildman–Crippen MR) is 87.9 cm³/mol. The van der Waals surface area contributed by atoms with Crippen LogP contribution in [0.2, 0.25) is 5.02 Å². The molecule has 0 saturated carbocycles. The Balaban J connectivity index is 1.95. The van der Waals surface area contributed by atoms with Gasteiger partial charge in [-0.1, -0.05) is 41.9 Å². The molecule has 2 N–H and O–H groups in total. The van der Waals surface area contributed by atoms with Crippen molar-refractivity contribution in [3.8, 4) is 0 Å². The van der Waals surface area contributed by atoms with Gasteiger partial charge in [0.25, 0.3) is 0 Å². The third kappa shape index (κ3) is 4.89. The first-order valence-corrected chi connectivity index (χ1v) is 7.60. The molecule has 7 heteroatoms. The third-order valence-electron chi connectivity index (χ3n) is 3.40. The van der Waals surface area contributed by atoms with E-state index in [1.54, 1.807) is 0 Å². The van der Waals surface area contributed by atoms with Gasteiger partial charge in [0.15, 0.2) is 0 Å². The maximum absolute atomic E-state index is 12.8. The molecule has 2 aromatic rings. The van der Waals surface area contributed by atoms with Crippen molar-refractivity contribution in [3.05, 3.63) is 64.7 Å². The van der Waals surface area contributed by atoms with E-state index < -0.39 is 11.7 Å². The first-order valence-electron chi connectivity index (χ1n) is 7.22. The fourth-order valence-corrected chi connectivity index (χ4v) is 2.38. The van der Waals surface area contributed by atoms with Gasteiger partial charge < -0.3 is 10.6 Å². The third-order valence-corrected chi connectivity index (χ3v) is 3.73. The van der Waals surface area contributed by atoms with Gasteiger partial charge in [-0.3, -0.25) is 4.79 Å². The Labute approximate surface area is 142 Å². The van der Waals surface area contributed by atoms with Crippen LogP contribution in [-0.4, -0.2) is 12.5 Å². The zero-order valence-corrected chi connectivity index (χ0v) is 13.6. The van der Waals surface area contributed by atoms with Crippen LogP contribution in [0.3, 0.4) is 0 Å². The van der Waals surface area contributed by atoms with Crippen LogP contribution in [0.4, 0.5) is 18.9 Å². The first kappa shape index (κ1) is 18.1. The van der Waals surface area contributed by atoms with E-state index in [0.717, 1.165) is 17.7 Å². The zero-order valence-electron chi connectivity index (χ0n) is 12.8. The van der Waals surface area contributed by atoms with Crippen molar-refractivity contribution in [2.45, 2.75) is 19.1 Å². The molecule has 2 aromatic carbocycles. The zero-order chi connectivity index (χ0) is 17.7. The summed E-state index contributed by atoms with van der Waals surface area (Å²) in [6, 6.07) is 12.6. The van der Waals surface area contributed by atoms with Gasteiger partial charge in [0, 0.05) is 5.69 Å². The van der Waals surface area contributed by atoms with Crippen molar-refractivity contribution >= 4 is 23.2 Å². The fraction of sp³-hybridized carbons (Fsp3) is 0.235. The van der Waals surface area contributed by atoms with Crippen molar-refractivity contribution in [2.24, 2.45) is 0 Å². The van der Waals surface area contributed by atoms with Crippen molar-refractivity contribution in [1.29, 1.82) is 0 Å². The number of carbonyl (C=O) groups excluding carboxylic acids is 1. The van der Waals surface area contributed by atoms with Gasteiger partial charge in [0.1, 0.15) is 0 Å². The normalized spacial score (nSPS) is 12.5. The molecule has 0 fully saturated rings. The topological polar surface area (TPSA) is 41.1 Å². The fourth-order valence-electron chi connectivity index (χ4n) is 2.15. The molecule has 1 atom stereocenters. The molecular weight excluding hydrogens is 341 g/mol. The highest BCUT2D eigenvalue weighted by Gasteiger charge is 2.33. The minimum absolute atomic E-state index is 0.143. The monoisotopic (exact) mass is 356 g/mol. The van der Waals surface area contributed by atoms with Gasteiger partial charge in [-0.2, -0.15) is 13.2 Å². The standard InChI is InChI=1S/C17H16ClF3N2O/c1-11(12-5-3-2-4-6-12)23-16(24)10-22-13-7-8-15(18)14(9-13)17(19,20)21/h2-9,11,22H,10H2,1H3,(H,23,24)/t11-/m0/s1. The lowest BCUT2D eigenvalue weighted by Gasteiger charge is -2.15. The van der Waals surface area contributed by atoms with Crippen molar-refractivity contribution in [3.63, 3.8) is 0 Å². The lowest BCUT2D eigenvalue weighted by molar-refractivity contribution is -0.137. The highest BCUT2D eigenvalue weighted by atomic mass is 35.5. The van der Waals surface area contributed by atoms with Crippen molar-refractivity contribution in [2.75, 3.05) is 11.9 Å². The Morgan fingerprint density at radius 2 is 1.83 bits per heavy atom. The van der Waals surface area contributed by atoms with Crippen LogP contribution in [0.15, 0.2) is 48.5 Å². The highest BCUT2D eigenvalue weighted by Crippen LogP contribution is 2.36. The molecule has 0 radical (unpaired) electrons. The summed E-state index contributed by atoms with van der Waals surface area (Å²) in [4.78, 5) is 11.9. The van der Waals surface area contributed by atoms with Crippen LogP contribution in [0, 0.1) is 0 Å². The summed E-state index contributed by atoms with van der Waals surface area (Å²) in [5, 5.41) is 5.06. The largest absolute Gasteiger partial charge is 0.417 e. The summed E-state index contributed by atoms with van der Waals surface area (Å²) in [6.45, 7) is 1.69. The number of anilines is 1. The lowest BCUT2D eigenvalue weighted by atomic mass is 10.1. The van der Waals surface area contributed by atoms with Crippen LogP contribution in [0.5, 0.6) is 0 Å². The molecule has 0 aliphatic rings. The Morgan fingerprint density at radius 3 is 2.46 bits per heavy atom. The number of hydrogen-bond acceptors (Lipinski definition) is 2. The molecule has 0 spiro atoms. The van der Waals surface area contributed by atoms with Crippen molar-refractivity contribution < 1.29 is 18.0 Å². The van der Waals surface area contributed by atoms with Gasteiger partial charge in [0.05, 0.1) is 23.2 Å². The lowest BCUT2D eigenvalue weighted by Crippen LogP contribution is -2.32. The average Bonchev–Trinajstić information content (AvgIpc) is 2.53. The number of alkyl halides is 3. The summed E-state index contributed by atoms with van der Waals surface area (Å²) in [7, 11) is 0. The highest BCUT2D eigenvalue weighted by molar-refractivity contribution is 6.31. The summed E-state index contributed by atoms with van der Waals surface area (Å²) < 4.78 is 38.4. The number of rotatable bonds is 5. The van der Waals surface area contributed by atoms with E-state index in [1.807, 2.05) is 37.3 Å². The molecule has 0 unspecified atom stereocenters. The van der Waals surface area contributed by atoms with E-state index in [0.29, 0.717) is 0 Å². The maximum Gasteiger partial charge on any atom is 0.417 e. The summed E-state index contributed by atoms with van der Waals surface area (Å²) >= 11 is 5.55. The molecule has 0 aliphatic carbocycles. The SMILES string of the molecule is C[C@H](NC(=O)CNc1ccc(Cl)c(C(F)(F)F)c1)c1ccccc1. The summed E-state index contributed by atoms with van der Waals surface area (Å²) in [5.74, 6) is -0.324. The summed E-state index contributed by atoms with van der Waals surface area (Å²) in [6.07, 6.45) is -4.54.